The molecule has 158 valence electrons. The summed E-state index contributed by atoms with van der Waals surface area (Å²) in [5, 5.41) is 6.37. The zero-order valence-electron chi connectivity index (χ0n) is 17.7. The summed E-state index contributed by atoms with van der Waals surface area (Å²) in [6.07, 6.45) is 0.949. The Morgan fingerprint density at radius 3 is 2.36 bits per heavy atom. The number of benzene rings is 1. The second-order valence-corrected chi connectivity index (χ2v) is 7.46. The molecule has 7 heteroatoms. The fourth-order valence-electron chi connectivity index (χ4n) is 3.16. The van der Waals surface area contributed by atoms with Crippen molar-refractivity contribution in [1.82, 2.24) is 20.4 Å². The summed E-state index contributed by atoms with van der Waals surface area (Å²) in [5.74, 6) is 1.09. The average molecular weight is 501 g/mol. The topological polar surface area (TPSA) is 60.0 Å². The molecule has 1 heterocycles. The van der Waals surface area contributed by atoms with Crippen LogP contribution in [0.3, 0.4) is 0 Å². The summed E-state index contributed by atoms with van der Waals surface area (Å²) < 4.78 is 0. The van der Waals surface area contributed by atoms with E-state index in [-0.39, 0.29) is 35.9 Å². The van der Waals surface area contributed by atoms with E-state index in [1.54, 1.807) is 0 Å². The highest BCUT2D eigenvalue weighted by atomic mass is 127. The van der Waals surface area contributed by atoms with E-state index in [2.05, 4.69) is 58.5 Å². The van der Waals surface area contributed by atoms with E-state index in [0.717, 1.165) is 51.6 Å². The number of carbonyl (C=O) groups excluding carboxylic acids is 1. The third kappa shape index (κ3) is 8.77. The Kier molecular flexibility index (Phi) is 11.4. The van der Waals surface area contributed by atoms with Crippen LogP contribution >= 0.6 is 24.0 Å². The summed E-state index contributed by atoms with van der Waals surface area (Å²) >= 11 is 0. The van der Waals surface area contributed by atoms with Gasteiger partial charge in [-0.15, -0.1) is 24.0 Å². The van der Waals surface area contributed by atoms with Gasteiger partial charge in [0, 0.05) is 45.3 Å². The highest BCUT2D eigenvalue weighted by Crippen LogP contribution is 2.05. The fourth-order valence-corrected chi connectivity index (χ4v) is 3.16. The number of aliphatic imine (C=N–C) groups is 1. The number of hydrogen-bond donors (Lipinski definition) is 2. The number of carbonyl (C=O) groups is 1. The maximum absolute atomic E-state index is 11.9. The number of rotatable bonds is 7. The lowest BCUT2D eigenvalue weighted by Gasteiger charge is -2.36. The molecule has 1 amide bonds. The monoisotopic (exact) mass is 501 g/mol. The number of guanidine groups is 1. The first-order chi connectivity index (χ1) is 13.0. The van der Waals surface area contributed by atoms with E-state index < -0.39 is 0 Å². The van der Waals surface area contributed by atoms with Crippen molar-refractivity contribution in [2.45, 2.75) is 40.2 Å². The van der Waals surface area contributed by atoms with Gasteiger partial charge in [-0.1, -0.05) is 29.8 Å². The summed E-state index contributed by atoms with van der Waals surface area (Å²) in [4.78, 5) is 21.3. The zero-order valence-corrected chi connectivity index (χ0v) is 20.0. The Bertz CT molecular complexity index is 610. The second kappa shape index (κ2) is 13.0. The number of halogens is 1. The van der Waals surface area contributed by atoms with E-state index in [9.17, 15) is 4.79 Å². The number of piperazine rings is 1. The summed E-state index contributed by atoms with van der Waals surface area (Å²) in [5.41, 5.74) is 2.61. The molecule has 6 nitrogen and oxygen atoms in total. The average Bonchev–Trinajstić information content (AvgIpc) is 2.62. The van der Waals surface area contributed by atoms with Crippen LogP contribution in [0.15, 0.2) is 29.3 Å². The molecule has 1 aliphatic rings. The molecule has 0 bridgehead atoms. The van der Waals surface area contributed by atoms with Gasteiger partial charge in [0.05, 0.1) is 6.54 Å². The summed E-state index contributed by atoms with van der Waals surface area (Å²) in [6.45, 7) is 13.9. The molecular weight excluding hydrogens is 465 g/mol. The van der Waals surface area contributed by atoms with E-state index in [1.807, 2.05) is 13.8 Å². The third-order valence-electron chi connectivity index (χ3n) is 4.61. The summed E-state index contributed by atoms with van der Waals surface area (Å²) in [6, 6.07) is 8.86. The molecule has 1 aromatic rings. The van der Waals surface area contributed by atoms with Crippen molar-refractivity contribution < 1.29 is 4.79 Å². The zero-order chi connectivity index (χ0) is 19.6. The number of hydrogen-bond acceptors (Lipinski definition) is 3. The van der Waals surface area contributed by atoms with Crippen LogP contribution in [0.1, 0.15) is 31.9 Å². The first-order valence-electron chi connectivity index (χ1n) is 10.1. The minimum absolute atomic E-state index is 0. The Hall–Kier alpha value is -1.35. The number of nitrogens with one attached hydrogen (secondary N) is 2. The molecule has 0 aliphatic carbocycles. The lowest BCUT2D eigenvalue weighted by molar-refractivity contribution is -0.123. The Labute approximate surface area is 187 Å². The van der Waals surface area contributed by atoms with Crippen molar-refractivity contribution in [3.63, 3.8) is 0 Å². The van der Waals surface area contributed by atoms with E-state index in [4.69, 9.17) is 4.99 Å². The van der Waals surface area contributed by atoms with Gasteiger partial charge >= 0.3 is 0 Å². The molecule has 0 radical (unpaired) electrons. The van der Waals surface area contributed by atoms with Gasteiger partial charge in [0.25, 0.3) is 0 Å². The second-order valence-electron chi connectivity index (χ2n) is 7.46. The van der Waals surface area contributed by atoms with Gasteiger partial charge in [0.1, 0.15) is 0 Å². The fraction of sp³-hybridized carbons (Fsp3) is 0.619. The lowest BCUT2D eigenvalue weighted by Crippen LogP contribution is -2.54. The van der Waals surface area contributed by atoms with Crippen molar-refractivity contribution in [2.24, 2.45) is 4.99 Å². The van der Waals surface area contributed by atoms with E-state index in [0.29, 0.717) is 6.54 Å². The van der Waals surface area contributed by atoms with Crippen LogP contribution < -0.4 is 10.6 Å². The quantitative estimate of drug-likeness (QED) is 0.342. The molecule has 28 heavy (non-hydrogen) atoms. The largest absolute Gasteiger partial charge is 0.357 e. The lowest BCUT2D eigenvalue weighted by atomic mass is 10.1. The smallest absolute Gasteiger partial charge is 0.234 e. The molecule has 0 saturated carbocycles. The van der Waals surface area contributed by atoms with Crippen LogP contribution in [0.25, 0.3) is 0 Å². The number of amides is 1. The van der Waals surface area contributed by atoms with Crippen molar-refractivity contribution in [3.05, 3.63) is 35.4 Å². The Morgan fingerprint density at radius 1 is 1.14 bits per heavy atom. The van der Waals surface area contributed by atoms with Crippen LogP contribution in [0.2, 0.25) is 0 Å². The first kappa shape index (κ1) is 24.7. The minimum atomic E-state index is 0. The van der Waals surface area contributed by atoms with Crippen molar-refractivity contribution in [3.8, 4) is 0 Å². The molecule has 2 N–H and O–H groups in total. The number of aryl methyl sites for hydroxylation is 1. The van der Waals surface area contributed by atoms with Gasteiger partial charge in [0.2, 0.25) is 5.91 Å². The van der Waals surface area contributed by atoms with Crippen LogP contribution in [0.4, 0.5) is 0 Å². The van der Waals surface area contributed by atoms with Crippen LogP contribution in [0, 0.1) is 6.92 Å². The minimum Gasteiger partial charge on any atom is -0.357 e. The van der Waals surface area contributed by atoms with Gasteiger partial charge in [0.15, 0.2) is 5.96 Å². The normalized spacial score (nSPS) is 15.3. The Balaban J connectivity index is 0.00000392. The Morgan fingerprint density at radius 2 is 1.79 bits per heavy atom. The molecule has 0 spiro atoms. The molecule has 1 aliphatic heterocycles. The van der Waals surface area contributed by atoms with Gasteiger partial charge in [-0.25, -0.2) is 0 Å². The van der Waals surface area contributed by atoms with Crippen molar-refractivity contribution in [2.75, 3.05) is 45.8 Å². The molecule has 2 rings (SSSR count). The van der Waals surface area contributed by atoms with Crippen LogP contribution in [-0.2, 0) is 11.2 Å². The standard InChI is InChI=1S/C21H35N5O.HI/c1-5-22-21(23-11-10-19-8-6-18(4)7-9-19)26-14-12-25(13-15-26)16-20(27)24-17(2)3;/h6-9,17H,5,10-16H2,1-4H3,(H,22,23)(H,24,27);1H. The maximum Gasteiger partial charge on any atom is 0.234 e. The highest BCUT2D eigenvalue weighted by Gasteiger charge is 2.21. The van der Waals surface area contributed by atoms with Crippen LogP contribution in [0.5, 0.6) is 0 Å². The SMILES string of the molecule is CCNC(=NCCc1ccc(C)cc1)N1CCN(CC(=O)NC(C)C)CC1.I. The first-order valence-corrected chi connectivity index (χ1v) is 10.1. The van der Waals surface area contributed by atoms with E-state index in [1.165, 1.54) is 11.1 Å². The molecule has 1 aromatic carbocycles. The third-order valence-corrected chi connectivity index (χ3v) is 4.61. The van der Waals surface area contributed by atoms with Gasteiger partial charge in [-0.2, -0.15) is 0 Å². The van der Waals surface area contributed by atoms with Crippen molar-refractivity contribution >= 4 is 35.8 Å². The van der Waals surface area contributed by atoms with E-state index >= 15 is 0 Å². The molecule has 1 saturated heterocycles. The van der Waals surface area contributed by atoms with Crippen molar-refractivity contribution in [1.29, 1.82) is 0 Å². The molecule has 1 fully saturated rings. The van der Waals surface area contributed by atoms with Gasteiger partial charge in [-0.05, 0) is 39.7 Å². The van der Waals surface area contributed by atoms with Crippen LogP contribution in [-0.4, -0.2) is 73.5 Å². The van der Waals surface area contributed by atoms with Gasteiger partial charge < -0.3 is 15.5 Å². The molecule has 0 aromatic heterocycles. The molecule has 0 atom stereocenters. The molecule has 0 unspecified atom stereocenters. The maximum atomic E-state index is 11.9. The predicted molar refractivity (Wildman–Crippen MR) is 128 cm³/mol. The number of nitrogens with zero attached hydrogens (tertiary/aromatic N) is 3. The van der Waals surface area contributed by atoms with Gasteiger partial charge in [-0.3, -0.25) is 14.7 Å². The predicted octanol–water partition coefficient (Wildman–Crippen LogP) is 2.26. The highest BCUT2D eigenvalue weighted by molar-refractivity contribution is 14.0. The summed E-state index contributed by atoms with van der Waals surface area (Å²) in [7, 11) is 0. The molecular formula is C21H36IN5O.